The van der Waals surface area contributed by atoms with Crippen molar-refractivity contribution < 1.29 is 19.6 Å². The number of carboxylic acids is 1. The Kier molecular flexibility index (Phi) is 3.89. The molecule has 9 nitrogen and oxygen atoms in total. The second kappa shape index (κ2) is 5.64. The number of aromatic nitrogens is 2. The maximum absolute atomic E-state index is 11.6. The lowest BCUT2D eigenvalue weighted by Gasteiger charge is -2.13. The number of nitro benzene ring substituents is 1. The highest BCUT2D eigenvalue weighted by Gasteiger charge is 2.18. The van der Waals surface area contributed by atoms with Gasteiger partial charge in [-0.05, 0) is 13.0 Å². The van der Waals surface area contributed by atoms with Crippen LogP contribution in [0.1, 0.15) is 16.2 Å². The van der Waals surface area contributed by atoms with E-state index in [2.05, 4.69) is 5.10 Å². The molecule has 0 radical (unpaired) electrons. The van der Waals surface area contributed by atoms with Gasteiger partial charge in [0.15, 0.2) is 0 Å². The lowest BCUT2D eigenvalue weighted by Crippen LogP contribution is -2.22. The maximum atomic E-state index is 11.6. The summed E-state index contributed by atoms with van der Waals surface area (Å²) in [6.07, 6.45) is 0. The molecule has 22 heavy (non-hydrogen) atoms. The van der Waals surface area contributed by atoms with Gasteiger partial charge in [0.1, 0.15) is 11.4 Å². The highest BCUT2D eigenvalue weighted by molar-refractivity contribution is 5.85. The number of hydrogen-bond donors (Lipinski definition) is 1. The highest BCUT2D eigenvalue weighted by atomic mass is 16.6. The summed E-state index contributed by atoms with van der Waals surface area (Å²) in [5.41, 5.74) is -1.16. The molecule has 0 bridgehead atoms. The Morgan fingerprint density at radius 2 is 2.09 bits per heavy atom. The Labute approximate surface area is 123 Å². The van der Waals surface area contributed by atoms with E-state index in [0.29, 0.717) is 5.69 Å². The van der Waals surface area contributed by atoms with Crippen molar-refractivity contribution in [3.8, 4) is 11.4 Å². The largest absolute Gasteiger partial charge is 0.494 e. The molecule has 0 amide bonds. The van der Waals surface area contributed by atoms with Gasteiger partial charge in [0.2, 0.25) is 11.1 Å². The van der Waals surface area contributed by atoms with E-state index < -0.39 is 22.0 Å². The monoisotopic (exact) mass is 305 g/mol. The van der Waals surface area contributed by atoms with E-state index in [1.807, 2.05) is 0 Å². The molecule has 2 rings (SSSR count). The summed E-state index contributed by atoms with van der Waals surface area (Å²) in [5, 5.41) is 23.6. The molecule has 1 aromatic heterocycles. The molecule has 0 saturated carbocycles. The van der Waals surface area contributed by atoms with Crippen LogP contribution in [0.3, 0.4) is 0 Å². The number of rotatable bonds is 4. The van der Waals surface area contributed by atoms with E-state index in [9.17, 15) is 19.7 Å². The number of carboxylic acid groups (broad SMARTS) is 1. The van der Waals surface area contributed by atoms with Crippen LogP contribution in [0.5, 0.6) is 5.75 Å². The van der Waals surface area contributed by atoms with Crippen LogP contribution in [0.4, 0.5) is 5.69 Å². The molecule has 1 aromatic carbocycles. The zero-order valence-corrected chi connectivity index (χ0v) is 11.6. The minimum atomic E-state index is -1.48. The van der Waals surface area contributed by atoms with Gasteiger partial charge in [0, 0.05) is 23.9 Å². The number of carbonyl (C=O) groups is 1. The average Bonchev–Trinajstić information content (AvgIpc) is 2.46. The van der Waals surface area contributed by atoms with Crippen molar-refractivity contribution in [1.82, 2.24) is 9.78 Å². The number of ether oxygens (including phenoxy) is 1. The molecule has 0 fully saturated rings. The van der Waals surface area contributed by atoms with Crippen molar-refractivity contribution in [1.29, 1.82) is 0 Å². The van der Waals surface area contributed by atoms with Crippen molar-refractivity contribution in [3.05, 3.63) is 56.0 Å². The molecule has 0 unspecified atom stereocenters. The Bertz CT molecular complexity index is 827. The van der Waals surface area contributed by atoms with E-state index >= 15 is 0 Å². The van der Waals surface area contributed by atoms with Crippen LogP contribution in [-0.2, 0) is 0 Å². The second-order valence-electron chi connectivity index (χ2n) is 4.33. The minimum Gasteiger partial charge on any atom is -0.494 e. The van der Waals surface area contributed by atoms with Crippen molar-refractivity contribution in [2.75, 3.05) is 7.11 Å². The normalized spacial score (nSPS) is 10.3. The molecule has 0 aliphatic heterocycles. The van der Waals surface area contributed by atoms with Crippen molar-refractivity contribution >= 4 is 11.7 Å². The van der Waals surface area contributed by atoms with Gasteiger partial charge in [0.05, 0.1) is 12.0 Å². The average molecular weight is 305 g/mol. The summed E-state index contributed by atoms with van der Waals surface area (Å²) in [6, 6.07) is 4.90. The number of benzene rings is 1. The summed E-state index contributed by atoms with van der Waals surface area (Å²) in [4.78, 5) is 32.9. The maximum Gasteiger partial charge on any atom is 0.360 e. The molecule has 0 aliphatic rings. The van der Waals surface area contributed by atoms with Gasteiger partial charge in [-0.3, -0.25) is 14.9 Å². The number of non-ortho nitro benzene ring substituents is 1. The summed E-state index contributed by atoms with van der Waals surface area (Å²) in [5.74, 6) is -1.23. The van der Waals surface area contributed by atoms with Gasteiger partial charge >= 0.3 is 5.97 Å². The molecule has 114 valence electrons. The van der Waals surface area contributed by atoms with E-state index in [-0.39, 0.29) is 17.1 Å². The predicted octanol–water partition coefficient (Wildman–Crippen LogP) is 1.16. The number of methoxy groups -OCH3 is 1. The Balaban J connectivity index is 2.77. The summed E-state index contributed by atoms with van der Waals surface area (Å²) >= 11 is 0. The lowest BCUT2D eigenvalue weighted by molar-refractivity contribution is -0.384. The fourth-order valence-corrected chi connectivity index (χ4v) is 1.90. The fourth-order valence-electron chi connectivity index (χ4n) is 1.90. The molecule has 1 N–H and O–H groups in total. The van der Waals surface area contributed by atoms with Crippen LogP contribution in [0.2, 0.25) is 0 Å². The zero-order valence-electron chi connectivity index (χ0n) is 11.6. The van der Waals surface area contributed by atoms with Gasteiger partial charge in [-0.25, -0.2) is 9.48 Å². The zero-order chi connectivity index (χ0) is 16.4. The molecule has 0 saturated heterocycles. The molecule has 2 aromatic rings. The van der Waals surface area contributed by atoms with Crippen LogP contribution < -0.4 is 10.2 Å². The minimum absolute atomic E-state index is 0.164. The van der Waals surface area contributed by atoms with Crippen molar-refractivity contribution in [2.24, 2.45) is 0 Å². The van der Waals surface area contributed by atoms with Gasteiger partial charge in [-0.2, -0.15) is 5.10 Å². The SMILES string of the molecule is COc1ccc([N+](=O)[O-])cc1-n1nc(C(=O)O)c(=O)cc1C. The number of nitro groups is 1. The van der Waals surface area contributed by atoms with Crippen LogP contribution in [0, 0.1) is 17.0 Å². The summed E-state index contributed by atoms with van der Waals surface area (Å²) in [7, 11) is 1.36. The van der Waals surface area contributed by atoms with E-state index in [1.165, 1.54) is 32.2 Å². The van der Waals surface area contributed by atoms with Gasteiger partial charge in [-0.1, -0.05) is 0 Å². The van der Waals surface area contributed by atoms with Gasteiger partial charge < -0.3 is 9.84 Å². The quantitative estimate of drug-likeness (QED) is 0.663. The van der Waals surface area contributed by atoms with E-state index in [0.717, 1.165) is 10.7 Å². The molecule has 0 spiro atoms. The van der Waals surface area contributed by atoms with Crippen molar-refractivity contribution in [3.63, 3.8) is 0 Å². The number of aromatic carboxylic acids is 1. The third-order valence-corrected chi connectivity index (χ3v) is 2.91. The third-order valence-electron chi connectivity index (χ3n) is 2.91. The lowest BCUT2D eigenvalue weighted by atomic mass is 10.2. The summed E-state index contributed by atoms with van der Waals surface area (Å²) in [6.45, 7) is 1.53. The predicted molar refractivity (Wildman–Crippen MR) is 74.7 cm³/mol. The number of aryl methyl sites for hydroxylation is 1. The molecule has 0 atom stereocenters. The first kappa shape index (κ1) is 15.2. The first-order chi connectivity index (χ1) is 10.3. The highest BCUT2D eigenvalue weighted by Crippen LogP contribution is 2.27. The number of nitrogens with zero attached hydrogens (tertiary/aromatic N) is 3. The van der Waals surface area contributed by atoms with Crippen LogP contribution in [-0.4, -0.2) is 32.9 Å². The van der Waals surface area contributed by atoms with Crippen LogP contribution in [0.25, 0.3) is 5.69 Å². The third kappa shape index (κ3) is 2.64. The van der Waals surface area contributed by atoms with Crippen LogP contribution in [0.15, 0.2) is 29.1 Å². The topological polar surface area (TPSA) is 125 Å². The first-order valence-corrected chi connectivity index (χ1v) is 6.02. The molecule has 1 heterocycles. The molecule has 9 heteroatoms. The standard InChI is InChI=1S/C13H11N3O6/c1-7-5-10(17)12(13(18)19)14-15(7)9-6-8(16(20)21)3-4-11(9)22-2/h3-6H,1-2H3,(H,18,19). The second-order valence-corrected chi connectivity index (χ2v) is 4.33. The van der Waals surface area contributed by atoms with E-state index in [4.69, 9.17) is 9.84 Å². The molecular formula is C13H11N3O6. The fraction of sp³-hybridized carbons (Fsp3) is 0.154. The van der Waals surface area contributed by atoms with Gasteiger partial charge in [0.25, 0.3) is 5.69 Å². The smallest absolute Gasteiger partial charge is 0.360 e. The molecular weight excluding hydrogens is 294 g/mol. The Hall–Kier alpha value is -3.23. The summed E-state index contributed by atoms with van der Waals surface area (Å²) < 4.78 is 6.23. The first-order valence-electron chi connectivity index (χ1n) is 6.02. The number of hydrogen-bond acceptors (Lipinski definition) is 6. The Morgan fingerprint density at radius 3 is 2.64 bits per heavy atom. The van der Waals surface area contributed by atoms with E-state index in [1.54, 1.807) is 0 Å². The van der Waals surface area contributed by atoms with Crippen LogP contribution >= 0.6 is 0 Å². The molecule has 0 aliphatic carbocycles. The Morgan fingerprint density at radius 1 is 1.41 bits per heavy atom. The van der Waals surface area contributed by atoms with Crippen molar-refractivity contribution in [2.45, 2.75) is 6.92 Å². The van der Waals surface area contributed by atoms with Gasteiger partial charge in [-0.15, -0.1) is 0 Å².